The van der Waals surface area contributed by atoms with E-state index in [1.165, 1.54) is 9.87 Å². The predicted molar refractivity (Wildman–Crippen MR) is 122 cm³/mol. The second kappa shape index (κ2) is 7.24. The molecule has 0 saturated carbocycles. The van der Waals surface area contributed by atoms with Crippen molar-refractivity contribution in [1.82, 2.24) is 0 Å². The average Bonchev–Trinajstić information content (AvgIpc) is 3.33. The molecule has 0 spiro atoms. The summed E-state index contributed by atoms with van der Waals surface area (Å²) in [6.45, 7) is 4.37. The summed E-state index contributed by atoms with van der Waals surface area (Å²) < 4.78 is 27.8. The predicted octanol–water partition coefficient (Wildman–Crippen LogP) is 4.34. The van der Waals surface area contributed by atoms with Crippen molar-refractivity contribution >= 4 is 27.3 Å². The van der Waals surface area contributed by atoms with Crippen molar-refractivity contribution in [3.8, 4) is 0 Å². The highest BCUT2D eigenvalue weighted by Crippen LogP contribution is 2.36. The van der Waals surface area contributed by atoms with Gasteiger partial charge in [0.05, 0.1) is 10.6 Å². The molecule has 6 heteroatoms. The number of hydrogen-bond acceptors (Lipinski definition) is 3. The molecule has 0 N–H and O–H groups in total. The summed E-state index contributed by atoms with van der Waals surface area (Å²) in [5.74, 6) is -0.0416. The molecule has 0 bridgehead atoms. The molecule has 0 saturated heterocycles. The maximum atomic E-state index is 13.3. The number of para-hydroxylation sites is 1. The number of aryl methyl sites for hydroxylation is 1. The van der Waals surface area contributed by atoms with Crippen LogP contribution in [-0.2, 0) is 22.9 Å². The van der Waals surface area contributed by atoms with Crippen molar-refractivity contribution in [3.63, 3.8) is 0 Å². The van der Waals surface area contributed by atoms with Gasteiger partial charge in [-0.2, -0.15) is 0 Å². The summed E-state index contributed by atoms with van der Waals surface area (Å²) in [7, 11) is -3.63. The molecule has 0 unspecified atom stereocenters. The fraction of sp³-hybridized carbons (Fsp3) is 0.240. The lowest BCUT2D eigenvalue weighted by Crippen LogP contribution is -2.35. The van der Waals surface area contributed by atoms with Crippen LogP contribution in [0.4, 0.5) is 11.4 Å². The molecular weight excluding hydrogens is 408 g/mol. The van der Waals surface area contributed by atoms with Crippen LogP contribution in [0.5, 0.6) is 0 Å². The average molecular weight is 433 g/mol. The quantitative estimate of drug-likeness (QED) is 0.619. The van der Waals surface area contributed by atoms with Crippen LogP contribution in [0, 0.1) is 6.92 Å². The Morgan fingerprint density at radius 3 is 2.45 bits per heavy atom. The Bertz CT molecular complexity index is 1280. The second-order valence-corrected chi connectivity index (χ2v) is 10.2. The van der Waals surface area contributed by atoms with Crippen molar-refractivity contribution < 1.29 is 13.2 Å². The Labute approximate surface area is 183 Å². The van der Waals surface area contributed by atoms with Gasteiger partial charge in [0.2, 0.25) is 0 Å². The van der Waals surface area contributed by atoms with Crippen LogP contribution in [0.15, 0.2) is 71.6 Å². The van der Waals surface area contributed by atoms with E-state index in [-0.39, 0.29) is 16.8 Å². The minimum Gasteiger partial charge on any atom is -0.305 e. The molecule has 5 rings (SSSR count). The Morgan fingerprint density at radius 1 is 0.935 bits per heavy atom. The van der Waals surface area contributed by atoms with Gasteiger partial charge in [-0.3, -0.25) is 9.10 Å². The Kier molecular flexibility index (Phi) is 4.63. The van der Waals surface area contributed by atoms with E-state index in [1.54, 1.807) is 36.4 Å². The Hall–Kier alpha value is -3.12. The zero-order valence-corrected chi connectivity index (χ0v) is 18.4. The minimum atomic E-state index is -3.63. The topological polar surface area (TPSA) is 57.7 Å². The number of rotatable bonds is 3. The standard InChI is InChI=1S/C25H24N2O3S/c1-17-7-10-22(11-8-17)31(29,30)26-14-13-20-16-21(9-12-23(20)26)25(28)27-18(2)15-19-5-3-4-6-24(19)27/h3-12,16,18H,13-15H2,1-2H3/t18-/m0/s1. The van der Waals surface area contributed by atoms with Gasteiger partial charge in [0.1, 0.15) is 0 Å². The molecule has 1 amide bonds. The van der Waals surface area contributed by atoms with E-state index in [0.29, 0.717) is 24.2 Å². The molecule has 0 aromatic heterocycles. The zero-order chi connectivity index (χ0) is 21.8. The maximum absolute atomic E-state index is 13.3. The first-order chi connectivity index (χ1) is 14.9. The van der Waals surface area contributed by atoms with Gasteiger partial charge < -0.3 is 4.90 Å². The van der Waals surface area contributed by atoms with E-state index in [9.17, 15) is 13.2 Å². The number of amides is 1. The number of sulfonamides is 1. The smallest absolute Gasteiger partial charge is 0.264 e. The van der Waals surface area contributed by atoms with Gasteiger partial charge in [0.25, 0.3) is 15.9 Å². The monoisotopic (exact) mass is 432 g/mol. The van der Waals surface area contributed by atoms with Crippen molar-refractivity contribution in [2.75, 3.05) is 15.7 Å². The second-order valence-electron chi connectivity index (χ2n) is 8.34. The number of carbonyl (C=O) groups is 1. The van der Waals surface area contributed by atoms with E-state index in [0.717, 1.165) is 23.2 Å². The highest BCUT2D eigenvalue weighted by Gasteiger charge is 2.34. The molecule has 2 aliphatic rings. The minimum absolute atomic E-state index is 0.0416. The lowest BCUT2D eigenvalue weighted by molar-refractivity contribution is 0.0981. The number of benzene rings is 3. The molecule has 2 aliphatic heterocycles. The van der Waals surface area contributed by atoms with E-state index < -0.39 is 10.0 Å². The van der Waals surface area contributed by atoms with Crippen LogP contribution in [0.2, 0.25) is 0 Å². The molecule has 0 radical (unpaired) electrons. The van der Waals surface area contributed by atoms with Gasteiger partial charge in [-0.15, -0.1) is 0 Å². The van der Waals surface area contributed by atoms with Gasteiger partial charge in [0, 0.05) is 23.8 Å². The van der Waals surface area contributed by atoms with E-state index in [2.05, 4.69) is 13.0 Å². The molecule has 5 nitrogen and oxygen atoms in total. The van der Waals surface area contributed by atoms with Gasteiger partial charge in [-0.25, -0.2) is 8.42 Å². The maximum Gasteiger partial charge on any atom is 0.264 e. The van der Waals surface area contributed by atoms with Crippen LogP contribution in [0.25, 0.3) is 0 Å². The molecular formula is C25H24N2O3S. The molecule has 158 valence electrons. The van der Waals surface area contributed by atoms with Gasteiger partial charge in [-0.05, 0) is 74.2 Å². The van der Waals surface area contributed by atoms with Crippen LogP contribution < -0.4 is 9.21 Å². The van der Waals surface area contributed by atoms with E-state index >= 15 is 0 Å². The van der Waals surface area contributed by atoms with Crippen molar-refractivity contribution in [1.29, 1.82) is 0 Å². The fourth-order valence-electron chi connectivity index (χ4n) is 4.61. The molecule has 2 heterocycles. The zero-order valence-electron chi connectivity index (χ0n) is 17.6. The largest absolute Gasteiger partial charge is 0.305 e. The summed E-state index contributed by atoms with van der Waals surface area (Å²) in [6, 6.07) is 20.4. The first kappa shape index (κ1) is 19.8. The van der Waals surface area contributed by atoms with Gasteiger partial charge in [0.15, 0.2) is 0 Å². The molecule has 3 aromatic rings. The fourth-order valence-corrected chi connectivity index (χ4v) is 6.11. The summed E-state index contributed by atoms with van der Waals surface area (Å²) in [6.07, 6.45) is 1.43. The normalized spacial score (nSPS) is 17.5. The van der Waals surface area contributed by atoms with Crippen molar-refractivity contribution in [3.05, 3.63) is 89.0 Å². The summed E-state index contributed by atoms with van der Waals surface area (Å²) in [5.41, 5.74) is 5.30. The number of nitrogens with zero attached hydrogens (tertiary/aromatic N) is 2. The number of anilines is 2. The van der Waals surface area contributed by atoms with Crippen molar-refractivity contribution in [2.24, 2.45) is 0 Å². The summed E-state index contributed by atoms with van der Waals surface area (Å²) >= 11 is 0. The molecule has 3 aromatic carbocycles. The van der Waals surface area contributed by atoms with Gasteiger partial charge >= 0.3 is 0 Å². The third-order valence-electron chi connectivity index (χ3n) is 6.21. The van der Waals surface area contributed by atoms with Crippen LogP contribution in [0.3, 0.4) is 0 Å². The number of fused-ring (bicyclic) bond motifs is 2. The highest BCUT2D eigenvalue weighted by atomic mass is 32.2. The van der Waals surface area contributed by atoms with Gasteiger partial charge in [-0.1, -0.05) is 35.9 Å². The summed E-state index contributed by atoms with van der Waals surface area (Å²) in [4.78, 5) is 15.5. The SMILES string of the molecule is Cc1ccc(S(=O)(=O)N2CCc3cc(C(=O)N4c5ccccc5C[C@@H]4C)ccc32)cc1. The molecule has 31 heavy (non-hydrogen) atoms. The van der Waals surface area contributed by atoms with Crippen LogP contribution in [0.1, 0.15) is 34.0 Å². The third kappa shape index (κ3) is 3.22. The number of carbonyl (C=O) groups excluding carboxylic acids is 1. The van der Waals surface area contributed by atoms with Crippen molar-refractivity contribution in [2.45, 2.75) is 37.6 Å². The summed E-state index contributed by atoms with van der Waals surface area (Å²) in [5, 5.41) is 0. The third-order valence-corrected chi connectivity index (χ3v) is 8.04. The Morgan fingerprint density at radius 2 is 1.68 bits per heavy atom. The Balaban J connectivity index is 1.46. The first-order valence-corrected chi connectivity index (χ1v) is 11.9. The number of hydrogen-bond donors (Lipinski definition) is 0. The van der Waals surface area contributed by atoms with E-state index in [4.69, 9.17) is 0 Å². The van der Waals surface area contributed by atoms with E-state index in [1.807, 2.05) is 36.1 Å². The molecule has 1 atom stereocenters. The lowest BCUT2D eigenvalue weighted by Gasteiger charge is -2.23. The van der Waals surface area contributed by atoms with Crippen LogP contribution in [-0.4, -0.2) is 26.9 Å². The lowest BCUT2D eigenvalue weighted by atomic mass is 10.1. The highest BCUT2D eigenvalue weighted by molar-refractivity contribution is 7.92. The first-order valence-electron chi connectivity index (χ1n) is 10.5. The molecule has 0 aliphatic carbocycles. The molecule has 0 fully saturated rings. The van der Waals surface area contributed by atoms with Crippen LogP contribution >= 0.6 is 0 Å².